The van der Waals surface area contributed by atoms with Gasteiger partial charge in [0.1, 0.15) is 141 Å². The van der Waals surface area contributed by atoms with Crippen molar-refractivity contribution < 1.29 is 173 Å². The van der Waals surface area contributed by atoms with Crippen molar-refractivity contribution in [1.82, 2.24) is 4.90 Å². The lowest BCUT2D eigenvalue weighted by Gasteiger charge is -2.28. The number of phenols is 1. The zero-order valence-corrected chi connectivity index (χ0v) is 87.4. The topological polar surface area (TPSA) is 555 Å². The van der Waals surface area contributed by atoms with E-state index in [1.54, 1.807) is 76.2 Å². The lowest BCUT2D eigenvalue weighted by molar-refractivity contribution is -0.167. The normalized spacial score (nSPS) is 10.8. The number of hydrogen-bond acceptors (Lipinski definition) is 39. The molecule has 6 aromatic carbocycles. The number of halogens is 5. The second kappa shape index (κ2) is 57.7. The molecule has 0 atom stereocenters. The second-order valence-electron chi connectivity index (χ2n) is 32.4. The number of aryl methyl sites for hydroxylation is 4. The van der Waals surface area contributed by atoms with Crippen molar-refractivity contribution in [1.29, 1.82) is 0 Å². The number of anilines is 4. The molecule has 0 fully saturated rings. The van der Waals surface area contributed by atoms with Gasteiger partial charge in [0.05, 0.1) is 42.8 Å². The van der Waals surface area contributed by atoms with Gasteiger partial charge in [0.15, 0.2) is 0 Å². The third kappa shape index (κ3) is 37.1. The smallest absolute Gasteiger partial charge is 0.328 e. The Balaban J connectivity index is 0.000000368. The van der Waals surface area contributed by atoms with Crippen molar-refractivity contribution in [3.8, 4) is 79.4 Å². The van der Waals surface area contributed by atoms with Gasteiger partial charge >= 0.3 is 83.6 Å². The van der Waals surface area contributed by atoms with Crippen LogP contribution in [0.25, 0.3) is 66.8 Å². The van der Waals surface area contributed by atoms with Crippen molar-refractivity contribution in [2.24, 2.45) is 0 Å². The average Bonchev–Trinajstić information content (AvgIpc) is 0.740. The van der Waals surface area contributed by atoms with Gasteiger partial charge in [0.25, 0.3) is 0 Å². The highest BCUT2D eigenvalue weighted by atomic mass is 79.9. The molecule has 43 nitrogen and oxygen atoms in total. The monoisotopic (exact) mass is 2210 g/mol. The number of benzene rings is 8. The lowest BCUT2D eigenvalue weighted by atomic mass is 9.90. The Morgan fingerprint density at radius 2 is 0.655 bits per heavy atom. The molecule has 0 saturated heterocycles. The predicted octanol–water partition coefficient (Wildman–Crippen LogP) is 14.3. The number of carboxylic acid groups (broad SMARTS) is 4. The van der Waals surface area contributed by atoms with Crippen LogP contribution in [0, 0.1) is 27.7 Å². The Kier molecular flexibility index (Phi) is 46.7. The van der Waals surface area contributed by atoms with E-state index in [2.05, 4.69) is 60.2 Å². The SMILES string of the molecule is CC(=O)OCBr.CC(=O)OCOC(=O)CN(CC(=O)OCOC(C)=O)c1ccc(C)cc1OCCOc1cc(-c2c3cc(Cl)c(=O)cc-3oc3cc(OCOC(C)=O)c(Cl)cc23)c(C)cc1N(CC(=O)OCOC(C)=O)CC(=O)OCOC(C)=O.CCN(C(C)C)C(C)C.Cc1ccc(N(CC(=O)O)CC(=O)O)c(OCCOc2cc(-c3c4cc(Cl)c(=O)cc-4oc4cc(O)c(Cl)cc34)c(C)cc2N(CC(=O)O)CC(=O)O)c1. The van der Waals surface area contributed by atoms with Crippen molar-refractivity contribution in [2.45, 2.75) is 116 Å². The number of alkyl halides is 1. The Hall–Kier alpha value is -15.1. The average molecular weight is 2210 g/mol. The largest absolute Gasteiger partial charge is 0.506 e. The first kappa shape index (κ1) is 120. The number of hydrogen-bond donors (Lipinski definition) is 5. The van der Waals surface area contributed by atoms with Crippen LogP contribution in [0.1, 0.15) is 98.4 Å². The Morgan fingerprint density at radius 3 is 0.966 bits per heavy atom. The molecule has 2 aliphatic carbocycles. The zero-order chi connectivity index (χ0) is 110. The molecule has 10 rings (SSSR count). The molecule has 48 heteroatoms. The van der Waals surface area contributed by atoms with Crippen LogP contribution in [0.4, 0.5) is 22.7 Å². The number of rotatable bonds is 47. The lowest BCUT2D eigenvalue weighted by Crippen LogP contribution is -2.37. The minimum absolute atomic E-state index is 0.0115. The van der Waals surface area contributed by atoms with E-state index in [9.17, 15) is 102 Å². The fourth-order valence-electron chi connectivity index (χ4n) is 14.4. The number of carbonyl (C=O) groups excluding carboxylic acids is 10. The minimum Gasteiger partial charge on any atom is -0.506 e. The summed E-state index contributed by atoms with van der Waals surface area (Å²) in [5.74, 6) is -12.6. The van der Waals surface area contributed by atoms with Crippen LogP contribution >= 0.6 is 62.3 Å². The summed E-state index contributed by atoms with van der Waals surface area (Å²) in [5.41, 5.74) is 4.75. The van der Waals surface area contributed by atoms with Gasteiger partial charge in [-0.05, 0) is 184 Å². The maximum absolute atomic E-state index is 13.4. The summed E-state index contributed by atoms with van der Waals surface area (Å²) in [6, 6.07) is 28.0. The molecule has 796 valence electrons. The van der Waals surface area contributed by atoms with E-state index in [0.717, 1.165) is 49.6 Å². The number of carboxylic acids is 4. The molecule has 0 bridgehead atoms. The summed E-state index contributed by atoms with van der Waals surface area (Å²) in [6.07, 6.45) is 0. The number of carbonyl (C=O) groups is 14. The number of ether oxygens (including phenoxy) is 15. The number of aromatic hydroxyl groups is 1. The molecule has 0 unspecified atom stereocenters. The molecule has 2 heterocycles. The third-order valence-corrected chi connectivity index (χ3v) is 22.0. The van der Waals surface area contributed by atoms with Gasteiger partial charge in [-0.2, -0.15) is 0 Å². The molecular formula is C100H108BrCl4N5O38. The molecule has 0 aromatic heterocycles. The molecule has 0 spiro atoms. The van der Waals surface area contributed by atoms with Crippen LogP contribution < -0.4 is 54.1 Å². The highest BCUT2D eigenvalue weighted by Gasteiger charge is 2.32. The van der Waals surface area contributed by atoms with Gasteiger partial charge in [-0.3, -0.25) is 81.6 Å². The van der Waals surface area contributed by atoms with Gasteiger partial charge in [0, 0.05) is 111 Å². The van der Waals surface area contributed by atoms with Crippen LogP contribution in [-0.2, 0) is 114 Å². The zero-order valence-electron chi connectivity index (χ0n) is 82.8. The highest BCUT2D eigenvalue weighted by Crippen LogP contribution is 2.50. The number of esters is 10. The number of phenolic OH excluding ortho intramolecular Hbond substituents is 1. The number of nitrogens with zero attached hydrogens (tertiary/aromatic N) is 5. The van der Waals surface area contributed by atoms with Crippen LogP contribution in [0.2, 0.25) is 20.1 Å². The molecule has 4 aliphatic rings. The molecule has 2 aliphatic heterocycles. The summed E-state index contributed by atoms with van der Waals surface area (Å²) in [7, 11) is 0. The summed E-state index contributed by atoms with van der Waals surface area (Å²) in [5, 5.41) is 49.0. The standard InChI is InChI=1S/C52H52Cl2N2O23.C37H32Cl2N2O13.C8H19N.C3H5BrO2/c1-28-8-9-40(55(19-48(63)75-24-70-31(4)58)20-49(64)76-25-71-32(5)59)46(12-28)67-10-11-68-47-16-35(29(2)13-41(47)56(21-50(65)77-26-72-33(6)60)22-51(66)78-27-73-34(7)61)52-36-14-38(53)42(62)17-43(36)79-44-18-45(39(54)15-37(44)52)74-23-69-30(3)57;1-18-3-4-25(40(14-33(44)45)15-34(46)47)31(7-18)52-5-6-53-32-11-20(19(2)8-26(32)41(16-35(48)49)17-36(50)51)37-21-9-23(38)27(42)12-29(21)54-30-13-28(43)24(39)10-22(30)37;1-6-9(7(2)3)8(4)5;1-3(5)6-2-4/h8-9,12-18H,10-11,19-27H2,1-7H3;3-4,7-13,42H,5-6,14-17H2,1-2H3,(H,44,45)(H,46,47)(H,48,49)(H,50,51);7-8H,6H2,1-5H3;2H2,1H3. The molecule has 6 aromatic rings. The first-order chi connectivity index (χ1) is 69.9. The first-order valence-electron chi connectivity index (χ1n) is 44.6. The highest BCUT2D eigenvalue weighted by molar-refractivity contribution is 9.09. The van der Waals surface area contributed by atoms with Crippen molar-refractivity contribution in [2.75, 3.05) is 144 Å². The maximum atomic E-state index is 13.4. The van der Waals surface area contributed by atoms with Crippen LogP contribution in [0.3, 0.4) is 0 Å². The summed E-state index contributed by atoms with van der Waals surface area (Å²) in [6.45, 7) is 16.4. The van der Waals surface area contributed by atoms with Crippen LogP contribution in [0.15, 0.2) is 128 Å². The van der Waals surface area contributed by atoms with E-state index in [-0.39, 0.29) is 132 Å². The quantitative estimate of drug-likeness (QED) is 0.00590. The Bertz CT molecular complexity index is 6460. The third-order valence-electron chi connectivity index (χ3n) is 20.5. The summed E-state index contributed by atoms with van der Waals surface area (Å²) >= 11 is 28.7. The molecule has 148 heavy (non-hydrogen) atoms. The minimum atomic E-state index is -1.31. The van der Waals surface area contributed by atoms with Gasteiger partial charge in [-0.25, -0.2) is 0 Å². The van der Waals surface area contributed by atoms with Crippen LogP contribution in [-0.4, -0.2) is 251 Å². The Morgan fingerprint density at radius 1 is 0.345 bits per heavy atom. The van der Waals surface area contributed by atoms with Crippen LogP contribution in [0.5, 0.6) is 34.5 Å². The van der Waals surface area contributed by atoms with Gasteiger partial charge < -0.3 is 125 Å². The van der Waals surface area contributed by atoms with Gasteiger partial charge in [0.2, 0.25) is 44.8 Å². The second-order valence-corrected chi connectivity index (χ2v) is 34.5. The van der Waals surface area contributed by atoms with E-state index in [1.807, 2.05) is 0 Å². The molecule has 0 amide bonds. The van der Waals surface area contributed by atoms with E-state index in [1.165, 1.54) is 84.3 Å². The van der Waals surface area contributed by atoms with Crippen molar-refractivity contribution in [3.05, 3.63) is 172 Å². The van der Waals surface area contributed by atoms with E-state index < -0.39 is 175 Å². The number of aliphatic carboxylic acids is 4. The van der Waals surface area contributed by atoms with Crippen molar-refractivity contribution in [3.63, 3.8) is 0 Å². The molecule has 0 radical (unpaired) electrons. The molecule has 5 N–H and O–H groups in total. The fourth-order valence-corrected chi connectivity index (χ4v) is 15.4. The maximum Gasteiger partial charge on any atom is 0.328 e. The van der Waals surface area contributed by atoms with Crippen molar-refractivity contribution >= 4 is 191 Å². The molecular weight excluding hydrogens is 2100 g/mol. The van der Waals surface area contributed by atoms with Gasteiger partial charge in [-0.15, -0.1) is 0 Å². The van der Waals surface area contributed by atoms with E-state index >= 15 is 0 Å². The summed E-state index contributed by atoms with van der Waals surface area (Å²) < 4.78 is 91.2. The Labute approximate surface area is 874 Å². The first-order valence-corrected chi connectivity index (χ1v) is 47.3. The summed E-state index contributed by atoms with van der Waals surface area (Å²) in [4.78, 5) is 199. The predicted molar refractivity (Wildman–Crippen MR) is 540 cm³/mol. The fraction of sp³-hybridized carbons (Fsp3) is 0.360. The van der Waals surface area contributed by atoms with E-state index in [0.29, 0.717) is 78.4 Å². The van der Waals surface area contributed by atoms with E-state index in [4.69, 9.17) is 122 Å². The molecule has 0 saturated carbocycles. The van der Waals surface area contributed by atoms with Gasteiger partial charge in [-0.1, -0.05) is 65.5 Å². The number of fused-ring (bicyclic) bond motifs is 4.